The molecule has 0 amide bonds. The summed E-state index contributed by atoms with van der Waals surface area (Å²) in [4.78, 5) is 13.5. The predicted octanol–water partition coefficient (Wildman–Crippen LogP) is 1.98. The molecule has 0 saturated carbocycles. The van der Waals surface area contributed by atoms with E-state index >= 15 is 0 Å². The highest BCUT2D eigenvalue weighted by molar-refractivity contribution is 5.38. The van der Waals surface area contributed by atoms with Crippen molar-refractivity contribution in [2.24, 2.45) is 0 Å². The van der Waals surface area contributed by atoms with Gasteiger partial charge in [-0.2, -0.15) is 5.10 Å². The maximum absolute atomic E-state index is 4.46. The van der Waals surface area contributed by atoms with E-state index in [9.17, 15) is 0 Å². The highest BCUT2D eigenvalue weighted by Crippen LogP contribution is 2.20. The van der Waals surface area contributed by atoms with Gasteiger partial charge < -0.3 is 4.90 Å². The summed E-state index contributed by atoms with van der Waals surface area (Å²) in [7, 11) is 2.16. The Kier molecular flexibility index (Phi) is 4.81. The van der Waals surface area contributed by atoms with Gasteiger partial charge in [0.15, 0.2) is 5.82 Å². The van der Waals surface area contributed by atoms with Crippen LogP contribution in [0.4, 0.5) is 5.82 Å². The summed E-state index contributed by atoms with van der Waals surface area (Å²) in [5.74, 6) is 0.976. The van der Waals surface area contributed by atoms with Gasteiger partial charge in [0.1, 0.15) is 0 Å². The van der Waals surface area contributed by atoms with Gasteiger partial charge in [-0.25, -0.2) is 0 Å². The van der Waals surface area contributed by atoms with Crippen LogP contribution in [0, 0.1) is 13.8 Å². The van der Waals surface area contributed by atoms with Gasteiger partial charge in [-0.1, -0.05) is 0 Å². The molecule has 0 unspecified atom stereocenters. The van der Waals surface area contributed by atoms with Crippen molar-refractivity contribution in [3.05, 3.63) is 41.6 Å². The molecule has 1 aliphatic heterocycles. The number of likely N-dealkylation sites (N-methyl/N-ethyl adjacent to an activating group) is 1. The lowest BCUT2D eigenvalue weighted by molar-refractivity contribution is 0.205. The van der Waals surface area contributed by atoms with Crippen molar-refractivity contribution >= 4 is 5.82 Å². The van der Waals surface area contributed by atoms with Gasteiger partial charge >= 0.3 is 0 Å². The van der Waals surface area contributed by atoms with Crippen LogP contribution in [0.5, 0.6) is 0 Å². The minimum absolute atomic E-state index is 0.495. The smallest absolute Gasteiger partial charge is 0.151 e. The van der Waals surface area contributed by atoms with Crippen molar-refractivity contribution < 1.29 is 0 Å². The maximum atomic E-state index is 4.46. The molecule has 1 aliphatic rings. The van der Waals surface area contributed by atoms with E-state index in [1.807, 2.05) is 32.3 Å². The Bertz CT molecular complexity index is 625. The van der Waals surface area contributed by atoms with Gasteiger partial charge in [0.05, 0.1) is 17.1 Å². The van der Waals surface area contributed by atoms with E-state index in [-0.39, 0.29) is 0 Å². The van der Waals surface area contributed by atoms with Gasteiger partial charge in [-0.05, 0) is 45.9 Å². The summed E-state index contributed by atoms with van der Waals surface area (Å²) < 4.78 is 0. The fourth-order valence-corrected chi connectivity index (χ4v) is 2.97. The number of aromatic nitrogens is 4. The Morgan fingerprint density at radius 1 is 1.13 bits per heavy atom. The second kappa shape index (κ2) is 7.00. The summed E-state index contributed by atoms with van der Waals surface area (Å²) in [6.07, 6.45) is 6.08. The first-order chi connectivity index (χ1) is 11.1. The molecule has 0 aliphatic carbocycles. The molecule has 0 N–H and O–H groups in total. The van der Waals surface area contributed by atoms with Crippen LogP contribution in [-0.4, -0.2) is 51.2 Å². The lowest BCUT2D eigenvalue weighted by Gasteiger charge is -2.37. The lowest BCUT2D eigenvalue weighted by Crippen LogP contribution is -2.46. The highest BCUT2D eigenvalue weighted by Gasteiger charge is 2.24. The molecule has 0 spiro atoms. The van der Waals surface area contributed by atoms with E-state index in [1.54, 1.807) is 0 Å². The van der Waals surface area contributed by atoms with Crippen LogP contribution >= 0.6 is 0 Å². The van der Waals surface area contributed by atoms with E-state index in [0.29, 0.717) is 6.04 Å². The molecule has 2 aromatic heterocycles. The largest absolute Gasteiger partial charge is 0.354 e. The van der Waals surface area contributed by atoms with Gasteiger partial charge in [0.25, 0.3) is 0 Å². The van der Waals surface area contributed by atoms with Crippen LogP contribution in [0.1, 0.15) is 29.9 Å². The van der Waals surface area contributed by atoms with Gasteiger partial charge in [0.2, 0.25) is 0 Å². The maximum Gasteiger partial charge on any atom is 0.151 e. The Morgan fingerprint density at radius 3 is 2.70 bits per heavy atom. The molecule has 122 valence electrons. The van der Waals surface area contributed by atoms with Crippen molar-refractivity contribution in [2.45, 2.75) is 39.3 Å². The van der Waals surface area contributed by atoms with Crippen LogP contribution in [-0.2, 0) is 6.54 Å². The molecule has 6 heteroatoms. The zero-order valence-electron chi connectivity index (χ0n) is 14.1. The zero-order valence-corrected chi connectivity index (χ0v) is 14.1. The molecule has 3 rings (SSSR count). The minimum Gasteiger partial charge on any atom is -0.354 e. The fraction of sp³-hybridized carbons (Fsp3) is 0.529. The number of aryl methyl sites for hydroxylation is 2. The van der Waals surface area contributed by atoms with E-state index in [4.69, 9.17) is 0 Å². The fourth-order valence-electron chi connectivity index (χ4n) is 2.97. The monoisotopic (exact) mass is 312 g/mol. The Morgan fingerprint density at radius 2 is 2.00 bits per heavy atom. The SMILES string of the molecule is Cc1cnc(CN(C)[C@H]2CCCN(c3ccc(C)nn3)C2)cn1. The third kappa shape index (κ3) is 4.01. The molecule has 23 heavy (non-hydrogen) atoms. The summed E-state index contributed by atoms with van der Waals surface area (Å²) in [6.45, 7) is 6.78. The van der Waals surface area contributed by atoms with Crippen molar-refractivity contribution in [3.63, 3.8) is 0 Å². The topological polar surface area (TPSA) is 58.0 Å². The third-order valence-electron chi connectivity index (χ3n) is 4.37. The molecule has 1 atom stereocenters. The molecule has 2 aromatic rings. The molecule has 1 fully saturated rings. The van der Waals surface area contributed by atoms with E-state index in [0.717, 1.165) is 42.5 Å². The second-order valence-corrected chi connectivity index (χ2v) is 6.34. The Hall–Kier alpha value is -2.08. The van der Waals surface area contributed by atoms with Gasteiger partial charge in [0, 0.05) is 38.1 Å². The minimum atomic E-state index is 0.495. The Labute approximate surface area is 137 Å². The average molecular weight is 312 g/mol. The summed E-state index contributed by atoms with van der Waals surface area (Å²) in [6, 6.07) is 4.59. The molecule has 0 radical (unpaired) electrons. The number of hydrogen-bond acceptors (Lipinski definition) is 6. The van der Waals surface area contributed by atoms with Crippen LogP contribution in [0.15, 0.2) is 24.5 Å². The third-order valence-corrected chi connectivity index (χ3v) is 4.37. The summed E-state index contributed by atoms with van der Waals surface area (Å²) in [5, 5.41) is 8.50. The lowest BCUT2D eigenvalue weighted by atomic mass is 10.0. The number of nitrogens with zero attached hydrogens (tertiary/aromatic N) is 6. The number of anilines is 1. The second-order valence-electron chi connectivity index (χ2n) is 6.34. The van der Waals surface area contributed by atoms with Gasteiger partial charge in [-0.3, -0.25) is 14.9 Å². The van der Waals surface area contributed by atoms with E-state index in [1.165, 1.54) is 12.8 Å². The molecular formula is C17H24N6. The number of rotatable bonds is 4. The average Bonchev–Trinajstić information content (AvgIpc) is 2.58. The van der Waals surface area contributed by atoms with Crippen LogP contribution < -0.4 is 4.90 Å². The quantitative estimate of drug-likeness (QED) is 0.860. The normalized spacial score (nSPS) is 18.4. The van der Waals surface area contributed by atoms with Crippen molar-refractivity contribution in [2.75, 3.05) is 25.0 Å². The van der Waals surface area contributed by atoms with Crippen molar-refractivity contribution in [1.82, 2.24) is 25.1 Å². The van der Waals surface area contributed by atoms with E-state index < -0.39 is 0 Å². The van der Waals surface area contributed by atoms with Crippen LogP contribution in [0.25, 0.3) is 0 Å². The van der Waals surface area contributed by atoms with Crippen molar-refractivity contribution in [3.8, 4) is 0 Å². The highest BCUT2D eigenvalue weighted by atomic mass is 15.3. The first kappa shape index (κ1) is 15.8. The van der Waals surface area contributed by atoms with Crippen molar-refractivity contribution in [1.29, 1.82) is 0 Å². The number of piperidine rings is 1. The molecule has 3 heterocycles. The zero-order chi connectivity index (χ0) is 16.2. The summed E-state index contributed by atoms with van der Waals surface area (Å²) in [5.41, 5.74) is 2.93. The van der Waals surface area contributed by atoms with E-state index in [2.05, 4.69) is 43.1 Å². The molecule has 0 aromatic carbocycles. The van der Waals surface area contributed by atoms with Crippen LogP contribution in [0.2, 0.25) is 0 Å². The molecule has 0 bridgehead atoms. The molecule has 6 nitrogen and oxygen atoms in total. The standard InChI is InChI=1S/C17H24N6/c1-13-6-7-17(21-20-13)23-8-4-5-16(12-23)22(3)11-15-10-18-14(2)9-19-15/h6-7,9-10,16H,4-5,8,11-12H2,1-3H3/t16-/m0/s1. The molecular weight excluding hydrogens is 288 g/mol. The molecule has 1 saturated heterocycles. The predicted molar refractivity (Wildman–Crippen MR) is 90.2 cm³/mol. The van der Waals surface area contributed by atoms with Gasteiger partial charge in [-0.15, -0.1) is 5.10 Å². The van der Waals surface area contributed by atoms with Crippen LogP contribution in [0.3, 0.4) is 0 Å². The number of hydrogen-bond donors (Lipinski definition) is 0. The first-order valence-corrected chi connectivity index (χ1v) is 8.15. The first-order valence-electron chi connectivity index (χ1n) is 8.15. The summed E-state index contributed by atoms with van der Waals surface area (Å²) >= 11 is 0. The Balaban J connectivity index is 1.63.